The standard InChI is InChI=1S/C8H6N.ClH.Hg/c1-2-4-8-7(3-1)5-6-9-8;;/h1-4,6,9H;1H;/q;;+1/p-1. The summed E-state index contributed by atoms with van der Waals surface area (Å²) in [5.41, 5.74) is 1.21. The number of H-pyrrole nitrogens is 1. The monoisotopic (exact) mass is 353 g/mol. The molecule has 1 aromatic heterocycles. The third-order valence-electron chi connectivity index (χ3n) is 1.82. The van der Waals surface area contributed by atoms with E-state index in [1.165, 1.54) is 14.0 Å². The molecular formula is C8H6ClHgN. The maximum absolute atomic E-state index is 5.95. The number of para-hydroxylation sites is 1. The quantitative estimate of drug-likeness (QED) is 0.756. The van der Waals surface area contributed by atoms with E-state index in [9.17, 15) is 0 Å². The van der Waals surface area contributed by atoms with E-state index in [2.05, 4.69) is 29.4 Å². The van der Waals surface area contributed by atoms with Gasteiger partial charge in [0.15, 0.2) is 0 Å². The van der Waals surface area contributed by atoms with Crippen molar-refractivity contribution >= 4 is 22.2 Å². The predicted octanol–water partition coefficient (Wildman–Crippen LogP) is 2.03. The summed E-state index contributed by atoms with van der Waals surface area (Å²) in [4.78, 5) is 3.21. The minimum atomic E-state index is -1.22. The van der Waals surface area contributed by atoms with Gasteiger partial charge < -0.3 is 0 Å². The average molecular weight is 352 g/mol. The number of halogens is 1. The first kappa shape index (κ1) is 7.62. The van der Waals surface area contributed by atoms with E-state index in [4.69, 9.17) is 8.25 Å². The Morgan fingerprint density at radius 2 is 2.09 bits per heavy atom. The molecule has 2 aromatic rings. The molecule has 0 aliphatic heterocycles. The Morgan fingerprint density at radius 1 is 1.27 bits per heavy atom. The summed E-state index contributed by atoms with van der Waals surface area (Å²) in [5, 5.41) is 1.32. The Bertz CT molecular complexity index is 369. The van der Waals surface area contributed by atoms with Crippen molar-refractivity contribution < 1.29 is 23.3 Å². The molecule has 0 spiro atoms. The number of fused-ring (bicyclic) bond motifs is 1. The van der Waals surface area contributed by atoms with Crippen molar-refractivity contribution in [1.29, 1.82) is 0 Å². The van der Waals surface area contributed by atoms with Crippen molar-refractivity contribution in [2.75, 3.05) is 0 Å². The second-order valence-corrected chi connectivity index (χ2v) is 8.84. The molecule has 0 fully saturated rings. The van der Waals surface area contributed by atoms with Gasteiger partial charge in [0.2, 0.25) is 0 Å². The van der Waals surface area contributed by atoms with Crippen LogP contribution in [0.25, 0.3) is 10.9 Å². The van der Waals surface area contributed by atoms with Crippen molar-refractivity contribution in [1.82, 2.24) is 4.98 Å². The van der Waals surface area contributed by atoms with E-state index in [1.807, 2.05) is 6.07 Å². The molecule has 2 rings (SSSR count). The van der Waals surface area contributed by atoms with Gasteiger partial charge in [0, 0.05) is 0 Å². The zero-order chi connectivity index (χ0) is 7.68. The minimum absolute atomic E-state index is 1.21. The van der Waals surface area contributed by atoms with Crippen molar-refractivity contribution in [3.05, 3.63) is 30.5 Å². The van der Waals surface area contributed by atoms with Crippen molar-refractivity contribution in [2.24, 2.45) is 0 Å². The van der Waals surface area contributed by atoms with Gasteiger partial charge in [0.1, 0.15) is 0 Å². The topological polar surface area (TPSA) is 15.8 Å². The molecule has 1 aromatic carbocycles. The van der Waals surface area contributed by atoms with Crippen LogP contribution in [0.2, 0.25) is 0 Å². The fourth-order valence-electron chi connectivity index (χ4n) is 1.24. The number of hydrogen-bond donors (Lipinski definition) is 1. The summed E-state index contributed by atoms with van der Waals surface area (Å²) in [6.45, 7) is 0. The first-order chi connectivity index (χ1) is 5.42. The number of benzene rings is 1. The number of aromatic nitrogens is 1. The average Bonchev–Trinajstić information content (AvgIpc) is 2.47. The fraction of sp³-hybridized carbons (Fsp3) is 0. The molecular weight excluding hydrogens is 346 g/mol. The zero-order valence-electron chi connectivity index (χ0n) is 5.97. The van der Waals surface area contributed by atoms with E-state index < -0.39 is 23.3 Å². The van der Waals surface area contributed by atoms with Gasteiger partial charge >= 0.3 is 81.0 Å². The predicted molar refractivity (Wildman–Crippen MR) is 43.8 cm³/mol. The summed E-state index contributed by atoms with van der Waals surface area (Å²) in [7, 11) is 5.95. The second kappa shape index (κ2) is 3.15. The summed E-state index contributed by atoms with van der Waals surface area (Å²) in [6.07, 6.45) is 2.05. The third kappa shape index (κ3) is 1.32. The van der Waals surface area contributed by atoms with Gasteiger partial charge in [-0.1, -0.05) is 0 Å². The molecule has 0 aliphatic carbocycles. The number of aromatic amines is 1. The molecule has 0 saturated carbocycles. The first-order valence-corrected chi connectivity index (χ1v) is 13.0. The van der Waals surface area contributed by atoms with Crippen LogP contribution in [-0.2, 0) is 23.3 Å². The molecule has 1 N–H and O–H groups in total. The van der Waals surface area contributed by atoms with Gasteiger partial charge in [-0.3, -0.25) is 0 Å². The van der Waals surface area contributed by atoms with Crippen LogP contribution in [0.5, 0.6) is 0 Å². The fourth-order valence-corrected chi connectivity index (χ4v) is 5.64. The van der Waals surface area contributed by atoms with Crippen LogP contribution in [0.3, 0.4) is 0 Å². The molecule has 11 heavy (non-hydrogen) atoms. The summed E-state index contributed by atoms with van der Waals surface area (Å²) in [5.74, 6) is 0. The van der Waals surface area contributed by atoms with Crippen LogP contribution < -0.4 is 3.07 Å². The van der Waals surface area contributed by atoms with E-state index in [0.717, 1.165) is 0 Å². The van der Waals surface area contributed by atoms with Crippen LogP contribution in [-0.4, -0.2) is 4.98 Å². The van der Waals surface area contributed by atoms with E-state index in [-0.39, 0.29) is 0 Å². The third-order valence-corrected chi connectivity index (χ3v) is 7.74. The number of rotatable bonds is 1. The van der Waals surface area contributed by atoms with Gasteiger partial charge in [-0.2, -0.15) is 0 Å². The Hall–Kier alpha value is -0.0149. The molecule has 0 atom stereocenters. The van der Waals surface area contributed by atoms with Gasteiger partial charge in [0.25, 0.3) is 0 Å². The molecule has 52 valence electrons. The van der Waals surface area contributed by atoms with Crippen molar-refractivity contribution in [2.45, 2.75) is 0 Å². The Kier molecular flexibility index (Phi) is 2.19. The summed E-state index contributed by atoms with van der Waals surface area (Å²) in [6, 6.07) is 8.30. The van der Waals surface area contributed by atoms with Crippen molar-refractivity contribution in [3.8, 4) is 0 Å². The summed E-state index contributed by atoms with van der Waals surface area (Å²) < 4.78 is 1.39. The molecule has 0 aliphatic rings. The number of hydrogen-bond acceptors (Lipinski definition) is 0. The van der Waals surface area contributed by atoms with Crippen molar-refractivity contribution in [3.63, 3.8) is 0 Å². The molecule has 0 amide bonds. The number of nitrogens with one attached hydrogen (secondary N) is 1. The maximum atomic E-state index is 5.95. The molecule has 0 bridgehead atoms. The Morgan fingerprint density at radius 3 is 2.91 bits per heavy atom. The SMILES string of the molecule is [Cl][Hg][c]1c[nH]c2ccccc12. The van der Waals surface area contributed by atoms with Gasteiger partial charge in [0.05, 0.1) is 0 Å². The zero-order valence-corrected chi connectivity index (χ0v) is 12.2. The molecule has 0 saturated heterocycles. The Balaban J connectivity index is 2.76. The van der Waals surface area contributed by atoms with Gasteiger partial charge in [-0.05, 0) is 0 Å². The normalized spacial score (nSPS) is 9.91. The van der Waals surface area contributed by atoms with Gasteiger partial charge in [-0.25, -0.2) is 0 Å². The van der Waals surface area contributed by atoms with E-state index in [0.29, 0.717) is 0 Å². The van der Waals surface area contributed by atoms with E-state index >= 15 is 0 Å². The summed E-state index contributed by atoms with van der Waals surface area (Å²) >= 11 is -1.22. The van der Waals surface area contributed by atoms with Crippen LogP contribution in [0.1, 0.15) is 0 Å². The molecule has 1 heterocycles. The van der Waals surface area contributed by atoms with Crippen LogP contribution >= 0.6 is 8.25 Å². The van der Waals surface area contributed by atoms with Crippen LogP contribution in [0, 0.1) is 0 Å². The first-order valence-electron chi connectivity index (χ1n) is 3.53. The van der Waals surface area contributed by atoms with Gasteiger partial charge in [-0.15, -0.1) is 0 Å². The molecule has 0 radical (unpaired) electrons. The van der Waals surface area contributed by atoms with E-state index in [1.54, 1.807) is 0 Å². The van der Waals surface area contributed by atoms with Crippen LogP contribution in [0.15, 0.2) is 30.5 Å². The molecule has 1 nitrogen and oxygen atoms in total. The van der Waals surface area contributed by atoms with Crippen LogP contribution in [0.4, 0.5) is 0 Å². The molecule has 3 heteroatoms. The molecule has 0 unspecified atom stereocenters. The second-order valence-electron chi connectivity index (χ2n) is 2.49. The Labute approximate surface area is 80.6 Å².